The lowest BCUT2D eigenvalue weighted by molar-refractivity contribution is -0.154. The largest absolute Gasteiger partial charge is 0.460 e. The van der Waals surface area contributed by atoms with Gasteiger partial charge in [-0.1, -0.05) is 54.6 Å². The molecule has 1 aromatic heterocycles. The summed E-state index contributed by atoms with van der Waals surface area (Å²) in [5.41, 5.74) is 11.1. The quantitative estimate of drug-likeness (QED) is 0.229. The number of nitrogen functional groups attached to an aromatic ring is 1. The molecule has 0 fully saturated rings. The van der Waals surface area contributed by atoms with Crippen LogP contribution in [0.5, 0.6) is 0 Å². The normalized spacial score (nSPS) is 12.3. The maximum Gasteiger partial charge on any atom is 0.306 e. The van der Waals surface area contributed by atoms with Gasteiger partial charge in [0, 0.05) is 34.8 Å². The molecule has 6 heteroatoms. The van der Waals surface area contributed by atoms with Gasteiger partial charge in [-0.3, -0.25) is 9.59 Å². The number of nitrogens with one attached hydrogen (secondary N) is 2. The van der Waals surface area contributed by atoms with Crippen molar-refractivity contribution >= 4 is 28.5 Å². The van der Waals surface area contributed by atoms with Crippen LogP contribution in [0, 0.1) is 0 Å². The number of rotatable bonds is 8. The molecule has 186 valence electrons. The first-order valence-electron chi connectivity index (χ1n) is 12.2. The van der Waals surface area contributed by atoms with Crippen LogP contribution in [0.15, 0.2) is 79.0 Å². The maximum atomic E-state index is 13.2. The molecule has 36 heavy (non-hydrogen) atoms. The standard InChI is InChI=1S/C30H33N3O3/c1-30(2,3)36-28(35)16-14-22-19-32-26-15-13-20(17-24(22)26)18-27(34)33-29(21-9-5-4-6-10-21)23-11-7-8-12-25(23)31/h4-13,15,17,19,29,32H,14,16,18,31H2,1-3H3,(H,33,34). The summed E-state index contributed by atoms with van der Waals surface area (Å²) < 4.78 is 5.43. The zero-order chi connectivity index (χ0) is 25.7. The highest BCUT2D eigenvalue weighted by Gasteiger charge is 2.20. The number of amides is 1. The average Bonchev–Trinajstić information content (AvgIpc) is 3.23. The Morgan fingerprint density at radius 1 is 1.00 bits per heavy atom. The highest BCUT2D eigenvalue weighted by molar-refractivity contribution is 5.87. The first-order chi connectivity index (χ1) is 17.2. The molecule has 0 aliphatic heterocycles. The molecule has 6 nitrogen and oxygen atoms in total. The Morgan fingerprint density at radius 3 is 2.44 bits per heavy atom. The fourth-order valence-electron chi connectivity index (χ4n) is 4.33. The van der Waals surface area contributed by atoms with E-state index >= 15 is 0 Å². The molecule has 1 amide bonds. The minimum absolute atomic E-state index is 0.0997. The van der Waals surface area contributed by atoms with E-state index in [0.717, 1.165) is 33.2 Å². The number of ether oxygens (including phenoxy) is 1. The molecule has 1 atom stereocenters. The zero-order valence-corrected chi connectivity index (χ0v) is 21.0. The second-order valence-electron chi connectivity index (χ2n) is 10.00. The van der Waals surface area contributed by atoms with Crippen molar-refractivity contribution in [1.29, 1.82) is 0 Å². The Balaban J connectivity index is 1.49. The van der Waals surface area contributed by atoms with Crippen LogP contribution < -0.4 is 11.1 Å². The van der Waals surface area contributed by atoms with Crippen LogP contribution in [0.3, 0.4) is 0 Å². The monoisotopic (exact) mass is 483 g/mol. The summed E-state index contributed by atoms with van der Waals surface area (Å²) in [6.45, 7) is 5.59. The number of H-pyrrole nitrogens is 1. The lowest BCUT2D eigenvalue weighted by Crippen LogP contribution is -2.31. The number of carbonyl (C=O) groups excluding carboxylic acids is 2. The van der Waals surface area contributed by atoms with Crippen LogP contribution in [0.4, 0.5) is 5.69 Å². The van der Waals surface area contributed by atoms with E-state index < -0.39 is 5.60 Å². The number of aromatic nitrogens is 1. The number of carbonyl (C=O) groups is 2. The lowest BCUT2D eigenvalue weighted by Gasteiger charge is -2.21. The molecular weight excluding hydrogens is 450 g/mol. The number of hydrogen-bond acceptors (Lipinski definition) is 4. The number of fused-ring (bicyclic) bond motifs is 1. The molecule has 0 aliphatic carbocycles. The first-order valence-corrected chi connectivity index (χ1v) is 12.2. The Kier molecular flexibility index (Phi) is 7.44. The number of hydrogen-bond donors (Lipinski definition) is 3. The van der Waals surface area contributed by atoms with Crippen molar-refractivity contribution in [3.8, 4) is 0 Å². The fraction of sp³-hybridized carbons (Fsp3) is 0.267. The molecule has 0 saturated carbocycles. The summed E-state index contributed by atoms with van der Waals surface area (Å²) in [7, 11) is 0. The van der Waals surface area contributed by atoms with Crippen LogP contribution in [0.1, 0.15) is 55.5 Å². The van der Waals surface area contributed by atoms with Gasteiger partial charge in [0.15, 0.2) is 0 Å². The van der Waals surface area contributed by atoms with Crippen molar-refractivity contribution in [2.75, 3.05) is 5.73 Å². The van der Waals surface area contributed by atoms with Crippen molar-refractivity contribution < 1.29 is 14.3 Å². The number of nitrogens with two attached hydrogens (primary N) is 1. The minimum atomic E-state index is -0.500. The van der Waals surface area contributed by atoms with E-state index in [9.17, 15) is 9.59 Å². The maximum absolute atomic E-state index is 13.2. The molecule has 0 aliphatic rings. The van der Waals surface area contributed by atoms with Gasteiger partial charge in [-0.2, -0.15) is 0 Å². The molecule has 0 radical (unpaired) electrons. The minimum Gasteiger partial charge on any atom is -0.460 e. The van der Waals surface area contributed by atoms with E-state index in [1.54, 1.807) is 0 Å². The van der Waals surface area contributed by atoms with Gasteiger partial charge in [-0.05, 0) is 62.1 Å². The van der Waals surface area contributed by atoms with Crippen LogP contribution >= 0.6 is 0 Å². The van der Waals surface area contributed by atoms with Gasteiger partial charge in [0.1, 0.15) is 5.60 Å². The molecule has 1 heterocycles. The predicted molar refractivity (Wildman–Crippen MR) is 143 cm³/mol. The molecule has 4 N–H and O–H groups in total. The number of aryl methyl sites for hydroxylation is 1. The summed E-state index contributed by atoms with van der Waals surface area (Å²) in [5, 5.41) is 4.18. The topological polar surface area (TPSA) is 97.2 Å². The number of esters is 1. The highest BCUT2D eigenvalue weighted by atomic mass is 16.6. The van der Waals surface area contributed by atoms with E-state index in [-0.39, 0.29) is 24.3 Å². The number of anilines is 1. The summed E-state index contributed by atoms with van der Waals surface area (Å²) in [4.78, 5) is 28.6. The van der Waals surface area contributed by atoms with E-state index in [2.05, 4.69) is 10.3 Å². The van der Waals surface area contributed by atoms with E-state index in [0.29, 0.717) is 18.5 Å². The van der Waals surface area contributed by atoms with Gasteiger partial charge in [0.2, 0.25) is 5.91 Å². The van der Waals surface area contributed by atoms with Crippen molar-refractivity contribution in [2.24, 2.45) is 0 Å². The molecule has 0 bridgehead atoms. The van der Waals surface area contributed by atoms with E-state index in [1.165, 1.54) is 0 Å². The van der Waals surface area contributed by atoms with Gasteiger partial charge < -0.3 is 20.8 Å². The smallest absolute Gasteiger partial charge is 0.306 e. The predicted octanol–water partition coefficient (Wildman–Crippen LogP) is 5.47. The van der Waals surface area contributed by atoms with Crippen molar-refractivity contribution in [2.45, 2.75) is 51.7 Å². The molecule has 0 saturated heterocycles. The summed E-state index contributed by atoms with van der Waals surface area (Å²) in [6, 6.07) is 23.0. The summed E-state index contributed by atoms with van der Waals surface area (Å²) in [6.07, 6.45) is 3.01. The number of para-hydroxylation sites is 1. The third-order valence-corrected chi connectivity index (χ3v) is 5.96. The lowest BCUT2D eigenvalue weighted by atomic mass is 9.96. The van der Waals surface area contributed by atoms with E-state index in [1.807, 2.05) is 99.8 Å². The second kappa shape index (κ2) is 10.7. The molecule has 0 spiro atoms. The van der Waals surface area contributed by atoms with Crippen molar-refractivity contribution in [1.82, 2.24) is 10.3 Å². The molecule has 3 aromatic carbocycles. The van der Waals surface area contributed by atoms with Crippen LogP contribution in [0.25, 0.3) is 10.9 Å². The van der Waals surface area contributed by atoms with Crippen LogP contribution in [0.2, 0.25) is 0 Å². The van der Waals surface area contributed by atoms with Gasteiger partial charge in [-0.15, -0.1) is 0 Å². The summed E-state index contributed by atoms with van der Waals surface area (Å²) >= 11 is 0. The van der Waals surface area contributed by atoms with Crippen molar-refractivity contribution in [3.05, 3.63) is 101 Å². The van der Waals surface area contributed by atoms with Gasteiger partial charge in [-0.25, -0.2) is 0 Å². The van der Waals surface area contributed by atoms with Crippen LogP contribution in [-0.4, -0.2) is 22.5 Å². The zero-order valence-electron chi connectivity index (χ0n) is 21.0. The molecule has 4 rings (SSSR count). The Labute approximate surface area is 211 Å². The Bertz CT molecular complexity index is 1350. The third kappa shape index (κ3) is 6.33. The van der Waals surface area contributed by atoms with Gasteiger partial charge in [0.25, 0.3) is 0 Å². The second-order valence-corrected chi connectivity index (χ2v) is 10.00. The van der Waals surface area contributed by atoms with E-state index in [4.69, 9.17) is 10.5 Å². The molecular formula is C30H33N3O3. The Hall–Kier alpha value is -4.06. The highest BCUT2D eigenvalue weighted by Crippen LogP contribution is 2.27. The fourth-order valence-corrected chi connectivity index (χ4v) is 4.33. The number of aromatic amines is 1. The van der Waals surface area contributed by atoms with Crippen molar-refractivity contribution in [3.63, 3.8) is 0 Å². The van der Waals surface area contributed by atoms with Crippen LogP contribution in [-0.2, 0) is 27.2 Å². The average molecular weight is 484 g/mol. The third-order valence-electron chi connectivity index (χ3n) is 5.96. The van der Waals surface area contributed by atoms with Gasteiger partial charge >= 0.3 is 5.97 Å². The molecule has 1 unspecified atom stereocenters. The Morgan fingerprint density at radius 2 is 1.72 bits per heavy atom. The SMILES string of the molecule is CC(C)(C)OC(=O)CCc1c[nH]c2ccc(CC(=O)NC(c3ccccc3)c3ccccc3N)cc12. The van der Waals surface area contributed by atoms with Gasteiger partial charge in [0.05, 0.1) is 12.5 Å². The molecule has 4 aromatic rings. The first kappa shape index (κ1) is 25.0. The number of benzene rings is 3. The summed E-state index contributed by atoms with van der Waals surface area (Å²) in [5.74, 6) is -0.322.